The summed E-state index contributed by atoms with van der Waals surface area (Å²) in [6, 6.07) is 4.08. The standard InChI is InChI=1S/C20H28N4O2/c1-5-17(25)23(4)14-7-6-10-24(11-14)16-9-8-15(20(21)26)19-18(16)12(2)13(3)22-19/h5,8-9,14,20,22,26H,1,6-7,10-11,21H2,2-4H3. The zero-order chi connectivity index (χ0) is 19.0. The number of amides is 1. The molecular formula is C20H28N4O2. The van der Waals surface area contributed by atoms with E-state index in [1.54, 1.807) is 4.90 Å². The van der Waals surface area contributed by atoms with Gasteiger partial charge in [0, 0.05) is 48.5 Å². The molecule has 1 aromatic carbocycles. The molecular weight excluding hydrogens is 328 g/mol. The molecule has 1 aliphatic heterocycles. The number of aliphatic hydroxyl groups is 1. The number of nitrogens with one attached hydrogen (secondary N) is 1. The zero-order valence-electron chi connectivity index (χ0n) is 15.7. The molecule has 6 heteroatoms. The lowest BCUT2D eigenvalue weighted by molar-refractivity contribution is -0.126. The van der Waals surface area contributed by atoms with Gasteiger partial charge in [0.05, 0.1) is 5.52 Å². The average molecular weight is 356 g/mol. The van der Waals surface area contributed by atoms with Gasteiger partial charge in [-0.15, -0.1) is 0 Å². The Morgan fingerprint density at radius 3 is 2.88 bits per heavy atom. The number of benzene rings is 1. The highest BCUT2D eigenvalue weighted by atomic mass is 16.3. The number of aromatic amines is 1. The highest BCUT2D eigenvalue weighted by Crippen LogP contribution is 2.36. The summed E-state index contributed by atoms with van der Waals surface area (Å²) < 4.78 is 0. The molecule has 0 saturated carbocycles. The first-order valence-corrected chi connectivity index (χ1v) is 9.04. The number of H-pyrrole nitrogens is 1. The summed E-state index contributed by atoms with van der Waals surface area (Å²) >= 11 is 0. The van der Waals surface area contributed by atoms with Gasteiger partial charge in [0.15, 0.2) is 0 Å². The van der Waals surface area contributed by atoms with Crippen LogP contribution in [0.2, 0.25) is 0 Å². The second-order valence-electron chi connectivity index (χ2n) is 7.14. The van der Waals surface area contributed by atoms with E-state index in [1.165, 1.54) is 6.08 Å². The molecule has 3 rings (SSSR count). The van der Waals surface area contributed by atoms with Gasteiger partial charge in [-0.1, -0.05) is 12.6 Å². The minimum atomic E-state index is -1.02. The van der Waals surface area contributed by atoms with Gasteiger partial charge < -0.3 is 25.6 Å². The third kappa shape index (κ3) is 3.10. The molecule has 1 aromatic heterocycles. The van der Waals surface area contributed by atoms with Crippen molar-refractivity contribution < 1.29 is 9.90 Å². The summed E-state index contributed by atoms with van der Waals surface area (Å²) in [5.74, 6) is -0.0442. The summed E-state index contributed by atoms with van der Waals surface area (Å²) in [5.41, 5.74) is 10.7. The van der Waals surface area contributed by atoms with Crippen LogP contribution in [-0.4, -0.2) is 47.1 Å². The van der Waals surface area contributed by atoms with Crippen molar-refractivity contribution in [1.82, 2.24) is 9.88 Å². The number of nitrogens with zero attached hydrogens (tertiary/aromatic N) is 2. The first-order valence-electron chi connectivity index (χ1n) is 9.04. The van der Waals surface area contributed by atoms with Gasteiger partial charge in [-0.05, 0) is 44.4 Å². The average Bonchev–Trinajstić information content (AvgIpc) is 2.94. The van der Waals surface area contributed by atoms with E-state index in [1.807, 2.05) is 26.1 Å². The van der Waals surface area contributed by atoms with Gasteiger partial charge in [0.2, 0.25) is 5.91 Å². The van der Waals surface area contributed by atoms with E-state index in [-0.39, 0.29) is 11.9 Å². The third-order valence-corrected chi connectivity index (χ3v) is 5.59. The number of anilines is 1. The molecule has 1 fully saturated rings. The Labute approximate surface area is 154 Å². The van der Waals surface area contributed by atoms with E-state index in [2.05, 4.69) is 23.4 Å². The van der Waals surface area contributed by atoms with Crippen molar-refractivity contribution in [2.75, 3.05) is 25.0 Å². The van der Waals surface area contributed by atoms with Gasteiger partial charge in [-0.3, -0.25) is 4.79 Å². The van der Waals surface area contributed by atoms with Crippen molar-refractivity contribution in [2.24, 2.45) is 5.73 Å². The molecule has 140 valence electrons. The van der Waals surface area contributed by atoms with E-state index >= 15 is 0 Å². The molecule has 1 amide bonds. The number of aryl methyl sites for hydroxylation is 2. The van der Waals surface area contributed by atoms with Crippen LogP contribution in [0.4, 0.5) is 5.69 Å². The number of carbonyl (C=O) groups is 1. The van der Waals surface area contributed by atoms with Crippen molar-refractivity contribution in [2.45, 2.75) is 39.0 Å². The van der Waals surface area contributed by atoms with Gasteiger partial charge in [-0.2, -0.15) is 0 Å². The van der Waals surface area contributed by atoms with E-state index in [9.17, 15) is 9.90 Å². The largest absolute Gasteiger partial charge is 0.374 e. The molecule has 0 aliphatic carbocycles. The molecule has 2 unspecified atom stereocenters. The fraction of sp³-hybridized carbons (Fsp3) is 0.450. The molecule has 2 aromatic rings. The second kappa shape index (κ2) is 7.13. The van der Waals surface area contributed by atoms with Crippen molar-refractivity contribution in [3.8, 4) is 0 Å². The molecule has 0 radical (unpaired) electrons. The summed E-state index contributed by atoms with van der Waals surface area (Å²) in [6.07, 6.45) is 2.36. The number of aromatic nitrogens is 1. The van der Waals surface area contributed by atoms with Crippen LogP contribution >= 0.6 is 0 Å². The highest BCUT2D eigenvalue weighted by Gasteiger charge is 2.27. The quantitative estimate of drug-likeness (QED) is 0.580. The molecule has 0 spiro atoms. The van der Waals surface area contributed by atoms with Crippen molar-refractivity contribution in [3.05, 3.63) is 41.6 Å². The Hall–Kier alpha value is -2.31. The maximum Gasteiger partial charge on any atom is 0.246 e. The smallest absolute Gasteiger partial charge is 0.246 e. The lowest BCUT2D eigenvalue weighted by Crippen LogP contribution is -2.48. The third-order valence-electron chi connectivity index (χ3n) is 5.59. The normalized spacial score (nSPS) is 18.8. The molecule has 26 heavy (non-hydrogen) atoms. The predicted octanol–water partition coefficient (Wildman–Crippen LogP) is 2.35. The number of rotatable bonds is 4. The number of carbonyl (C=O) groups excluding carboxylic acids is 1. The maximum absolute atomic E-state index is 12.0. The highest BCUT2D eigenvalue weighted by molar-refractivity contribution is 5.98. The number of piperidine rings is 1. The molecule has 1 saturated heterocycles. The van der Waals surface area contributed by atoms with Crippen LogP contribution in [0.3, 0.4) is 0 Å². The van der Waals surface area contributed by atoms with Gasteiger partial charge >= 0.3 is 0 Å². The number of aliphatic hydroxyl groups excluding tert-OH is 1. The first kappa shape index (κ1) is 18.5. The second-order valence-corrected chi connectivity index (χ2v) is 7.14. The number of hydrogen-bond donors (Lipinski definition) is 3. The van der Waals surface area contributed by atoms with E-state index in [0.717, 1.165) is 53.8 Å². The van der Waals surface area contributed by atoms with Crippen LogP contribution in [0.15, 0.2) is 24.8 Å². The number of hydrogen-bond acceptors (Lipinski definition) is 4. The lowest BCUT2D eigenvalue weighted by Gasteiger charge is -2.39. The fourth-order valence-corrected chi connectivity index (χ4v) is 3.91. The summed E-state index contributed by atoms with van der Waals surface area (Å²) in [7, 11) is 1.84. The van der Waals surface area contributed by atoms with Crippen molar-refractivity contribution >= 4 is 22.5 Å². The van der Waals surface area contributed by atoms with Crippen LogP contribution in [0, 0.1) is 13.8 Å². The Kier molecular flexibility index (Phi) is 5.07. The van der Waals surface area contributed by atoms with Gasteiger partial charge in [-0.25, -0.2) is 0 Å². The van der Waals surface area contributed by atoms with Crippen LogP contribution in [0.25, 0.3) is 10.9 Å². The molecule has 2 atom stereocenters. The Morgan fingerprint density at radius 2 is 2.23 bits per heavy atom. The number of fused-ring (bicyclic) bond motifs is 1. The van der Waals surface area contributed by atoms with Crippen LogP contribution in [0.1, 0.15) is 35.9 Å². The maximum atomic E-state index is 12.0. The SMILES string of the molecule is C=CC(=O)N(C)C1CCCN(c2ccc(C(N)O)c3[nH]c(C)c(C)c23)C1. The minimum absolute atomic E-state index is 0.0442. The van der Waals surface area contributed by atoms with Crippen LogP contribution < -0.4 is 10.6 Å². The monoisotopic (exact) mass is 356 g/mol. The van der Waals surface area contributed by atoms with Crippen molar-refractivity contribution in [3.63, 3.8) is 0 Å². The summed E-state index contributed by atoms with van der Waals surface area (Å²) in [4.78, 5) is 19.5. The Balaban J connectivity index is 2.01. The van der Waals surface area contributed by atoms with E-state index in [4.69, 9.17) is 5.73 Å². The Morgan fingerprint density at radius 1 is 1.50 bits per heavy atom. The first-order chi connectivity index (χ1) is 12.3. The fourth-order valence-electron chi connectivity index (χ4n) is 3.91. The zero-order valence-corrected chi connectivity index (χ0v) is 15.7. The van der Waals surface area contributed by atoms with E-state index < -0.39 is 6.23 Å². The molecule has 4 N–H and O–H groups in total. The number of likely N-dealkylation sites (N-methyl/N-ethyl adjacent to an activating group) is 1. The summed E-state index contributed by atoms with van der Waals surface area (Å²) in [6.45, 7) is 9.42. The van der Waals surface area contributed by atoms with Gasteiger partial charge in [0.1, 0.15) is 6.23 Å². The number of nitrogens with two attached hydrogens (primary N) is 1. The molecule has 0 bridgehead atoms. The predicted molar refractivity (Wildman–Crippen MR) is 105 cm³/mol. The van der Waals surface area contributed by atoms with Crippen LogP contribution in [-0.2, 0) is 4.79 Å². The molecule has 1 aliphatic rings. The summed E-state index contributed by atoms with van der Waals surface area (Å²) in [5, 5.41) is 11.0. The van der Waals surface area contributed by atoms with Crippen molar-refractivity contribution in [1.29, 1.82) is 0 Å². The van der Waals surface area contributed by atoms with E-state index in [0.29, 0.717) is 5.56 Å². The minimum Gasteiger partial charge on any atom is -0.374 e. The van der Waals surface area contributed by atoms with Crippen LogP contribution in [0.5, 0.6) is 0 Å². The molecule has 2 heterocycles. The Bertz CT molecular complexity index is 840. The molecule has 6 nitrogen and oxygen atoms in total. The van der Waals surface area contributed by atoms with Gasteiger partial charge in [0.25, 0.3) is 0 Å². The topological polar surface area (TPSA) is 85.6 Å². The lowest BCUT2D eigenvalue weighted by atomic mass is 10.00.